The summed E-state index contributed by atoms with van der Waals surface area (Å²) in [4.78, 5) is 36.0. The smallest absolute Gasteiger partial charge is 0.481 e. The quantitative estimate of drug-likeness (QED) is 0.260. The van der Waals surface area contributed by atoms with Crippen LogP contribution >= 0.6 is 0 Å². The first-order valence-electron chi connectivity index (χ1n) is 4.51. The van der Waals surface area contributed by atoms with E-state index in [1.165, 1.54) is 0 Å². The van der Waals surface area contributed by atoms with Crippen molar-refractivity contribution in [1.82, 2.24) is 5.32 Å². The molecule has 0 aliphatic heterocycles. The summed E-state index contributed by atoms with van der Waals surface area (Å²) in [7, 11) is -3.88. The van der Waals surface area contributed by atoms with Gasteiger partial charge < -0.3 is 24.8 Å². The molecule has 6 nitrogen and oxygen atoms in total. The van der Waals surface area contributed by atoms with Crippen LogP contribution in [0.5, 0.6) is 0 Å². The zero-order valence-corrected chi connectivity index (χ0v) is 8.94. The zero-order chi connectivity index (χ0) is 11.0. The lowest BCUT2D eigenvalue weighted by molar-refractivity contribution is -0.137. The number of carboxylic acid groups (broad SMARTS) is 1. The minimum Gasteiger partial charge on any atom is -0.481 e. The Hall–Kier alpha value is -0.473. The van der Waals surface area contributed by atoms with Gasteiger partial charge in [0.15, 0.2) is 0 Å². The molecule has 84 valence electrons. The number of hydrogen-bond donors (Lipinski definition) is 5. The number of nitrogens with one attached hydrogen (secondary N) is 1. The standard InChI is InChI=1S/C7H17NO5Si/c9-7(10)3-1-4-8-5-2-6-14(11,12)13/h8,11-13H,1-6H2,(H,9,10). The van der Waals surface area contributed by atoms with Crippen molar-refractivity contribution >= 4 is 14.8 Å². The van der Waals surface area contributed by atoms with Crippen LogP contribution in [0.15, 0.2) is 0 Å². The monoisotopic (exact) mass is 223 g/mol. The fourth-order valence-electron chi connectivity index (χ4n) is 0.940. The maximum Gasteiger partial charge on any atom is 0.492 e. The molecular weight excluding hydrogens is 206 g/mol. The van der Waals surface area contributed by atoms with Gasteiger partial charge in [0.2, 0.25) is 0 Å². The van der Waals surface area contributed by atoms with Crippen molar-refractivity contribution in [3.63, 3.8) is 0 Å². The van der Waals surface area contributed by atoms with Gasteiger partial charge in [-0.3, -0.25) is 4.79 Å². The van der Waals surface area contributed by atoms with E-state index in [1.807, 2.05) is 0 Å². The minimum absolute atomic E-state index is 0.0128. The Kier molecular flexibility index (Phi) is 6.67. The van der Waals surface area contributed by atoms with Gasteiger partial charge in [-0.25, -0.2) is 0 Å². The van der Waals surface area contributed by atoms with Crippen LogP contribution in [0.2, 0.25) is 6.04 Å². The first-order valence-corrected chi connectivity index (χ1v) is 6.56. The molecule has 0 aromatic rings. The number of hydrogen-bond acceptors (Lipinski definition) is 5. The van der Waals surface area contributed by atoms with E-state index in [-0.39, 0.29) is 12.5 Å². The summed E-state index contributed by atoms with van der Waals surface area (Å²) >= 11 is 0. The largest absolute Gasteiger partial charge is 0.492 e. The molecule has 7 heteroatoms. The zero-order valence-electron chi connectivity index (χ0n) is 7.94. The Morgan fingerprint density at radius 2 is 1.71 bits per heavy atom. The highest BCUT2D eigenvalue weighted by Crippen LogP contribution is 1.99. The fourth-order valence-corrected chi connectivity index (χ4v) is 1.59. The summed E-state index contributed by atoms with van der Waals surface area (Å²) in [6.45, 7) is 1.14. The predicted molar refractivity (Wildman–Crippen MR) is 51.6 cm³/mol. The minimum atomic E-state index is -3.88. The van der Waals surface area contributed by atoms with Gasteiger partial charge in [-0.15, -0.1) is 0 Å². The average molecular weight is 223 g/mol. The van der Waals surface area contributed by atoms with Gasteiger partial charge in [0.1, 0.15) is 0 Å². The van der Waals surface area contributed by atoms with Gasteiger partial charge in [-0.05, 0) is 25.9 Å². The SMILES string of the molecule is O=C(O)CCCNCCC[Si](O)(O)O. The molecule has 14 heavy (non-hydrogen) atoms. The average Bonchev–Trinajstić information content (AvgIpc) is 2.00. The van der Waals surface area contributed by atoms with E-state index in [9.17, 15) is 4.79 Å². The number of rotatable bonds is 8. The molecule has 5 N–H and O–H groups in total. The van der Waals surface area contributed by atoms with E-state index in [2.05, 4.69) is 5.32 Å². The molecule has 0 fully saturated rings. The van der Waals surface area contributed by atoms with Gasteiger partial charge in [0, 0.05) is 12.5 Å². The molecule has 0 aromatic carbocycles. The summed E-state index contributed by atoms with van der Waals surface area (Å²) in [6.07, 6.45) is 1.16. The molecule has 0 unspecified atom stereocenters. The fraction of sp³-hybridized carbons (Fsp3) is 0.857. The Morgan fingerprint density at radius 3 is 2.21 bits per heavy atom. The molecule has 0 heterocycles. The van der Waals surface area contributed by atoms with Gasteiger partial charge >= 0.3 is 14.8 Å². The van der Waals surface area contributed by atoms with Crippen LogP contribution in [0.1, 0.15) is 19.3 Å². The van der Waals surface area contributed by atoms with Gasteiger partial charge in [0.05, 0.1) is 0 Å². The van der Waals surface area contributed by atoms with Crippen molar-refractivity contribution in [2.45, 2.75) is 25.3 Å². The van der Waals surface area contributed by atoms with Crippen molar-refractivity contribution in [3.8, 4) is 0 Å². The molecule has 0 aliphatic rings. The molecule has 0 radical (unpaired) electrons. The van der Waals surface area contributed by atoms with E-state index in [4.69, 9.17) is 19.5 Å². The van der Waals surface area contributed by atoms with E-state index >= 15 is 0 Å². The summed E-state index contributed by atoms with van der Waals surface area (Å²) in [6, 6.07) is 0.0128. The van der Waals surface area contributed by atoms with E-state index in [0.29, 0.717) is 25.9 Å². The Labute approximate surface area is 83.6 Å². The van der Waals surface area contributed by atoms with E-state index < -0.39 is 14.8 Å². The second-order valence-electron chi connectivity index (χ2n) is 3.13. The summed E-state index contributed by atoms with van der Waals surface area (Å²) in [5.74, 6) is -0.820. The third-order valence-corrected chi connectivity index (χ3v) is 2.63. The van der Waals surface area contributed by atoms with Gasteiger partial charge in [-0.1, -0.05) is 0 Å². The van der Waals surface area contributed by atoms with Crippen molar-refractivity contribution < 1.29 is 24.3 Å². The number of carbonyl (C=O) groups is 1. The van der Waals surface area contributed by atoms with Crippen LogP contribution in [0.25, 0.3) is 0 Å². The van der Waals surface area contributed by atoms with E-state index in [0.717, 1.165) is 0 Å². The maximum absolute atomic E-state index is 10.1. The van der Waals surface area contributed by atoms with Crippen molar-refractivity contribution in [1.29, 1.82) is 0 Å². The molecule has 0 atom stereocenters. The molecular formula is C7H17NO5Si. The Bertz CT molecular complexity index is 170. The second kappa shape index (κ2) is 6.90. The molecule has 0 saturated carbocycles. The third kappa shape index (κ3) is 11.5. The predicted octanol–water partition coefficient (Wildman–Crippen LogP) is -1.25. The number of aliphatic carboxylic acids is 1. The summed E-state index contributed by atoms with van der Waals surface area (Å²) in [5, 5.41) is 11.2. The maximum atomic E-state index is 10.1. The summed E-state index contributed by atoms with van der Waals surface area (Å²) in [5.41, 5.74) is 0. The summed E-state index contributed by atoms with van der Waals surface area (Å²) < 4.78 is 0. The van der Waals surface area contributed by atoms with E-state index in [1.54, 1.807) is 0 Å². The van der Waals surface area contributed by atoms with Gasteiger partial charge in [-0.2, -0.15) is 0 Å². The molecule has 0 aliphatic carbocycles. The van der Waals surface area contributed by atoms with Crippen molar-refractivity contribution in [2.75, 3.05) is 13.1 Å². The lowest BCUT2D eigenvalue weighted by atomic mass is 10.3. The first kappa shape index (κ1) is 13.5. The molecule has 0 spiro atoms. The molecule has 0 rings (SSSR count). The lowest BCUT2D eigenvalue weighted by Gasteiger charge is -2.08. The Morgan fingerprint density at radius 1 is 1.14 bits per heavy atom. The van der Waals surface area contributed by atoms with Crippen LogP contribution in [0.4, 0.5) is 0 Å². The third-order valence-electron chi connectivity index (χ3n) is 1.61. The highest BCUT2D eigenvalue weighted by atomic mass is 28.4. The van der Waals surface area contributed by atoms with Crippen LogP contribution in [-0.2, 0) is 4.79 Å². The van der Waals surface area contributed by atoms with Crippen molar-refractivity contribution in [3.05, 3.63) is 0 Å². The van der Waals surface area contributed by atoms with Crippen LogP contribution < -0.4 is 5.32 Å². The Balaban J connectivity index is 3.11. The second-order valence-corrected chi connectivity index (χ2v) is 5.17. The highest BCUT2D eigenvalue weighted by molar-refractivity contribution is 6.56. The molecule has 0 aromatic heterocycles. The van der Waals surface area contributed by atoms with Crippen molar-refractivity contribution in [2.24, 2.45) is 0 Å². The van der Waals surface area contributed by atoms with Crippen LogP contribution in [0.3, 0.4) is 0 Å². The molecule has 0 amide bonds. The lowest BCUT2D eigenvalue weighted by Crippen LogP contribution is -2.35. The number of carboxylic acids is 1. The topological polar surface area (TPSA) is 110 Å². The first-order chi connectivity index (χ1) is 6.42. The molecule has 0 saturated heterocycles. The highest BCUT2D eigenvalue weighted by Gasteiger charge is 2.25. The molecule has 0 bridgehead atoms. The normalized spacial score (nSPS) is 11.6. The van der Waals surface area contributed by atoms with Gasteiger partial charge in [0.25, 0.3) is 0 Å². The van der Waals surface area contributed by atoms with Crippen LogP contribution in [-0.4, -0.2) is 47.4 Å². The van der Waals surface area contributed by atoms with Crippen LogP contribution in [0, 0.1) is 0 Å².